The molecule has 1 aliphatic carbocycles. The minimum absolute atomic E-state index is 0.0305. The quantitative estimate of drug-likeness (QED) is 0.352. The van der Waals surface area contributed by atoms with Crippen LogP contribution in [0.5, 0.6) is 11.5 Å². The number of nitrogens with one attached hydrogen (secondary N) is 2. The number of aliphatic hydroxyl groups is 1. The van der Waals surface area contributed by atoms with Crippen LogP contribution >= 0.6 is 0 Å². The van der Waals surface area contributed by atoms with E-state index in [0.29, 0.717) is 23.6 Å². The molecule has 4 rings (SSSR count). The number of rotatable bonds is 11. The first-order valence-electron chi connectivity index (χ1n) is 14.5. The number of ether oxygens (including phenoxy) is 1. The van der Waals surface area contributed by atoms with Gasteiger partial charge in [-0.15, -0.1) is 0 Å². The predicted molar refractivity (Wildman–Crippen MR) is 158 cm³/mol. The fraction of sp³-hybridized carbons (Fsp3) is 0.567. The van der Waals surface area contributed by atoms with Gasteiger partial charge < -0.3 is 20.1 Å². The number of sulfonamides is 1. The molecule has 1 saturated carbocycles. The van der Waals surface area contributed by atoms with Gasteiger partial charge in [0.25, 0.3) is 0 Å². The Hall–Kier alpha value is -2.82. The fourth-order valence-corrected chi connectivity index (χ4v) is 6.12. The van der Waals surface area contributed by atoms with Crippen molar-refractivity contribution >= 4 is 21.7 Å². The summed E-state index contributed by atoms with van der Waals surface area (Å²) < 4.78 is 31.1. The number of benzene rings is 2. The highest BCUT2D eigenvalue weighted by atomic mass is 32.2. The Labute approximate surface area is 238 Å². The van der Waals surface area contributed by atoms with Crippen LogP contribution in [0.25, 0.3) is 0 Å². The van der Waals surface area contributed by atoms with Crippen molar-refractivity contribution in [2.45, 2.75) is 83.0 Å². The van der Waals surface area contributed by atoms with Gasteiger partial charge in [-0.2, -0.15) is 0 Å². The minimum atomic E-state index is -3.31. The molecule has 2 fully saturated rings. The maximum Gasteiger partial charge on any atom is 0.317 e. The van der Waals surface area contributed by atoms with E-state index in [2.05, 4.69) is 34.0 Å². The summed E-state index contributed by atoms with van der Waals surface area (Å²) in [5.74, 6) is 1.34. The zero-order valence-electron chi connectivity index (χ0n) is 23.7. The van der Waals surface area contributed by atoms with Crippen LogP contribution in [0, 0.1) is 0 Å². The van der Waals surface area contributed by atoms with Crippen molar-refractivity contribution < 1.29 is 23.1 Å². The maximum absolute atomic E-state index is 13.2. The van der Waals surface area contributed by atoms with Crippen molar-refractivity contribution in [2.75, 3.05) is 30.6 Å². The lowest BCUT2D eigenvalue weighted by atomic mass is 9.91. The first-order valence-corrected chi connectivity index (χ1v) is 16.4. The monoisotopic (exact) mass is 572 g/mol. The molecule has 0 bridgehead atoms. The van der Waals surface area contributed by atoms with Crippen molar-refractivity contribution in [2.24, 2.45) is 0 Å². The molecule has 9 nitrogen and oxygen atoms in total. The molecular formula is C30H44N4O5S. The third kappa shape index (κ3) is 9.38. The van der Waals surface area contributed by atoms with Crippen molar-refractivity contribution in [3.05, 3.63) is 54.1 Å². The molecule has 0 aromatic heterocycles. The maximum atomic E-state index is 13.2. The Morgan fingerprint density at radius 2 is 1.68 bits per heavy atom. The van der Waals surface area contributed by atoms with Gasteiger partial charge in [0.05, 0.1) is 12.4 Å². The van der Waals surface area contributed by atoms with Crippen LogP contribution in [0.2, 0.25) is 0 Å². The SMILES string of the molecule is CCCCN(C(=O)NC1CCN(Cc2ccc(Oc3ccc(NS(C)(=O)=O)cc3)cc2)CC1)C1CCCC(O)C1. The molecule has 1 heterocycles. The molecule has 10 heteroatoms. The number of anilines is 1. The van der Waals surface area contributed by atoms with E-state index in [9.17, 15) is 18.3 Å². The number of aliphatic hydroxyl groups excluding tert-OH is 1. The van der Waals surface area contributed by atoms with Crippen LogP contribution < -0.4 is 14.8 Å². The number of piperidine rings is 1. The number of carbonyl (C=O) groups is 1. The smallest absolute Gasteiger partial charge is 0.317 e. The molecule has 40 heavy (non-hydrogen) atoms. The van der Waals surface area contributed by atoms with Crippen LogP contribution in [0.15, 0.2) is 48.5 Å². The van der Waals surface area contributed by atoms with Crippen molar-refractivity contribution in [3.63, 3.8) is 0 Å². The minimum Gasteiger partial charge on any atom is -0.457 e. The summed E-state index contributed by atoms with van der Waals surface area (Å²) >= 11 is 0. The van der Waals surface area contributed by atoms with Crippen molar-refractivity contribution in [1.29, 1.82) is 0 Å². The molecule has 2 aliphatic rings. The average molecular weight is 573 g/mol. The van der Waals surface area contributed by atoms with Gasteiger partial charge in [0.15, 0.2) is 0 Å². The summed E-state index contributed by atoms with van der Waals surface area (Å²) in [5, 5.41) is 13.4. The fourth-order valence-electron chi connectivity index (χ4n) is 5.56. The molecule has 2 unspecified atom stereocenters. The van der Waals surface area contributed by atoms with Gasteiger partial charge in [-0.3, -0.25) is 9.62 Å². The van der Waals surface area contributed by atoms with Crippen LogP contribution in [0.1, 0.15) is 63.9 Å². The van der Waals surface area contributed by atoms with Crippen molar-refractivity contribution in [1.82, 2.24) is 15.1 Å². The number of urea groups is 1. The van der Waals surface area contributed by atoms with Gasteiger partial charge in [-0.1, -0.05) is 25.5 Å². The van der Waals surface area contributed by atoms with Gasteiger partial charge >= 0.3 is 6.03 Å². The Kier molecular flexibility index (Phi) is 10.7. The second kappa shape index (κ2) is 14.2. The molecule has 2 amide bonds. The Bertz CT molecular complexity index is 1180. The number of amides is 2. The van der Waals surface area contributed by atoms with Crippen LogP contribution in [-0.4, -0.2) is 73.4 Å². The molecule has 220 valence electrons. The lowest BCUT2D eigenvalue weighted by Gasteiger charge is -2.38. The molecule has 0 radical (unpaired) electrons. The van der Waals surface area contributed by atoms with Crippen LogP contribution in [0.3, 0.4) is 0 Å². The first kappa shape index (κ1) is 30.1. The van der Waals surface area contributed by atoms with E-state index in [1.807, 2.05) is 17.0 Å². The van der Waals surface area contributed by atoms with Gasteiger partial charge in [-0.25, -0.2) is 13.2 Å². The molecule has 2 aromatic rings. The Balaban J connectivity index is 1.22. The van der Waals surface area contributed by atoms with Crippen LogP contribution in [0.4, 0.5) is 10.5 Å². The van der Waals surface area contributed by atoms with E-state index in [1.165, 1.54) is 5.56 Å². The number of carbonyl (C=O) groups excluding carboxylic acids is 1. The van der Waals surface area contributed by atoms with E-state index in [4.69, 9.17) is 4.74 Å². The molecule has 2 atom stereocenters. The zero-order valence-corrected chi connectivity index (χ0v) is 24.5. The van der Waals surface area contributed by atoms with Gasteiger partial charge in [0.2, 0.25) is 10.0 Å². The number of hydrogen-bond donors (Lipinski definition) is 3. The molecule has 0 spiro atoms. The van der Waals surface area contributed by atoms with Crippen molar-refractivity contribution in [3.8, 4) is 11.5 Å². The largest absolute Gasteiger partial charge is 0.457 e. The second-order valence-corrected chi connectivity index (χ2v) is 12.9. The van der Waals surface area contributed by atoms with E-state index in [0.717, 1.165) is 77.4 Å². The molecule has 2 aromatic carbocycles. The van der Waals surface area contributed by atoms with Gasteiger partial charge in [0.1, 0.15) is 11.5 Å². The number of unbranched alkanes of at least 4 members (excludes halogenated alkanes) is 1. The highest BCUT2D eigenvalue weighted by Gasteiger charge is 2.30. The number of nitrogens with zero attached hydrogens (tertiary/aromatic N) is 2. The Morgan fingerprint density at radius 3 is 2.27 bits per heavy atom. The highest BCUT2D eigenvalue weighted by molar-refractivity contribution is 7.92. The number of likely N-dealkylation sites (tertiary alicyclic amines) is 1. The molecule has 3 N–H and O–H groups in total. The summed E-state index contributed by atoms with van der Waals surface area (Å²) in [4.78, 5) is 17.6. The van der Waals surface area contributed by atoms with E-state index in [1.54, 1.807) is 24.3 Å². The summed E-state index contributed by atoms with van der Waals surface area (Å²) in [5.41, 5.74) is 1.69. The lowest BCUT2D eigenvalue weighted by molar-refractivity contribution is 0.0720. The standard InChI is InChI=1S/C30H44N4O5S/c1-3-4-18-34(26-6-5-7-27(35)21-26)30(36)31-24-16-19-33(20-17-24)22-23-8-12-28(13-9-23)39-29-14-10-25(11-15-29)32-40(2,37)38/h8-15,24,26-27,32,35H,3-7,16-22H2,1-2H3,(H,31,36). The highest BCUT2D eigenvalue weighted by Crippen LogP contribution is 2.26. The summed E-state index contributed by atoms with van der Waals surface area (Å²) in [6, 6.07) is 15.1. The average Bonchev–Trinajstić information content (AvgIpc) is 2.91. The zero-order chi connectivity index (χ0) is 28.5. The predicted octanol–water partition coefficient (Wildman–Crippen LogP) is 4.93. The van der Waals surface area contributed by atoms with E-state index >= 15 is 0 Å². The Morgan fingerprint density at radius 1 is 1.02 bits per heavy atom. The lowest BCUT2D eigenvalue weighted by Crippen LogP contribution is -2.53. The summed E-state index contributed by atoms with van der Waals surface area (Å²) in [6.45, 7) is 5.59. The molecular weight excluding hydrogens is 528 g/mol. The normalized spacial score (nSPS) is 20.6. The summed E-state index contributed by atoms with van der Waals surface area (Å²) in [6.07, 6.45) is 8.18. The van der Waals surface area contributed by atoms with Crippen LogP contribution in [-0.2, 0) is 16.6 Å². The van der Waals surface area contributed by atoms with Gasteiger partial charge in [-0.05, 0) is 86.9 Å². The number of hydrogen-bond acceptors (Lipinski definition) is 6. The third-order valence-corrected chi connectivity index (χ3v) is 8.32. The second-order valence-electron chi connectivity index (χ2n) is 11.2. The molecule has 1 saturated heterocycles. The first-order chi connectivity index (χ1) is 19.2. The third-order valence-electron chi connectivity index (χ3n) is 7.71. The topological polar surface area (TPSA) is 111 Å². The summed E-state index contributed by atoms with van der Waals surface area (Å²) in [7, 11) is -3.31. The van der Waals surface area contributed by atoms with Gasteiger partial charge in [0, 0.05) is 44.0 Å². The van der Waals surface area contributed by atoms with E-state index in [-0.39, 0.29) is 24.2 Å². The molecule has 1 aliphatic heterocycles. The van der Waals surface area contributed by atoms with E-state index < -0.39 is 10.0 Å².